The van der Waals surface area contributed by atoms with Gasteiger partial charge in [0.25, 0.3) is 0 Å². The van der Waals surface area contributed by atoms with Gasteiger partial charge in [0, 0.05) is 17.7 Å². The van der Waals surface area contributed by atoms with Crippen LogP contribution >= 0.6 is 11.6 Å². The van der Waals surface area contributed by atoms with E-state index in [0.29, 0.717) is 22.3 Å². The predicted molar refractivity (Wildman–Crippen MR) is 82.8 cm³/mol. The smallest absolute Gasteiger partial charge is 0.141 e. The highest BCUT2D eigenvalue weighted by atomic mass is 35.5. The summed E-state index contributed by atoms with van der Waals surface area (Å²) in [7, 11) is 0. The molecule has 106 valence electrons. The van der Waals surface area contributed by atoms with Crippen LogP contribution in [0.15, 0.2) is 36.4 Å². The van der Waals surface area contributed by atoms with Crippen molar-refractivity contribution in [2.24, 2.45) is 0 Å². The molecule has 0 amide bonds. The molecule has 4 rings (SSSR count). The normalized spacial score (nSPS) is 14.8. The maximum Gasteiger partial charge on any atom is 0.141 e. The van der Waals surface area contributed by atoms with E-state index in [9.17, 15) is 4.39 Å². The number of benzene rings is 2. The number of nitrogen functional groups attached to an aromatic ring is 1. The van der Waals surface area contributed by atoms with E-state index in [4.69, 9.17) is 17.3 Å². The third kappa shape index (κ3) is 2.07. The predicted octanol–water partition coefficient (Wildman–Crippen LogP) is 4.41. The van der Waals surface area contributed by atoms with Crippen LogP contribution in [0.5, 0.6) is 0 Å². The van der Waals surface area contributed by atoms with Crippen molar-refractivity contribution in [1.82, 2.24) is 9.55 Å². The summed E-state index contributed by atoms with van der Waals surface area (Å²) in [4.78, 5) is 4.60. The van der Waals surface area contributed by atoms with Crippen molar-refractivity contribution in [2.75, 3.05) is 5.73 Å². The zero-order chi connectivity index (χ0) is 14.6. The molecular formula is C16H13ClFN3. The fourth-order valence-electron chi connectivity index (χ4n) is 2.66. The van der Waals surface area contributed by atoms with Crippen LogP contribution in [-0.2, 0) is 0 Å². The largest absolute Gasteiger partial charge is 0.398 e. The number of imidazole rings is 1. The second-order valence-electron chi connectivity index (χ2n) is 5.41. The second-order valence-corrected chi connectivity index (χ2v) is 5.81. The SMILES string of the molecule is Nc1cc(-c2nc3cc(F)ccc3n2C2CC2)ccc1Cl. The van der Waals surface area contributed by atoms with Crippen LogP contribution in [0.4, 0.5) is 10.1 Å². The molecule has 0 spiro atoms. The highest BCUT2D eigenvalue weighted by molar-refractivity contribution is 6.33. The molecule has 0 atom stereocenters. The van der Waals surface area contributed by atoms with Crippen LogP contribution < -0.4 is 5.73 Å². The van der Waals surface area contributed by atoms with Crippen LogP contribution in [0.3, 0.4) is 0 Å². The monoisotopic (exact) mass is 301 g/mol. The van der Waals surface area contributed by atoms with Crippen molar-refractivity contribution in [3.8, 4) is 11.4 Å². The van der Waals surface area contributed by atoms with E-state index in [0.717, 1.165) is 29.7 Å². The van der Waals surface area contributed by atoms with E-state index in [1.807, 2.05) is 12.1 Å². The summed E-state index contributed by atoms with van der Waals surface area (Å²) < 4.78 is 15.6. The molecule has 1 aliphatic rings. The summed E-state index contributed by atoms with van der Waals surface area (Å²) >= 11 is 5.98. The van der Waals surface area contributed by atoms with Crippen LogP contribution in [-0.4, -0.2) is 9.55 Å². The van der Waals surface area contributed by atoms with E-state index in [1.165, 1.54) is 12.1 Å². The molecule has 2 aromatic carbocycles. The minimum absolute atomic E-state index is 0.273. The Morgan fingerprint density at radius 3 is 2.71 bits per heavy atom. The minimum atomic E-state index is -0.273. The molecule has 1 heterocycles. The van der Waals surface area contributed by atoms with Gasteiger partial charge in [-0.25, -0.2) is 9.37 Å². The molecule has 0 unspecified atom stereocenters. The Morgan fingerprint density at radius 1 is 1.19 bits per heavy atom. The first-order valence-electron chi connectivity index (χ1n) is 6.86. The highest BCUT2D eigenvalue weighted by Crippen LogP contribution is 2.41. The first-order valence-corrected chi connectivity index (χ1v) is 7.24. The Hall–Kier alpha value is -2.07. The summed E-state index contributed by atoms with van der Waals surface area (Å²) in [6.45, 7) is 0. The number of hydrogen-bond acceptors (Lipinski definition) is 2. The van der Waals surface area contributed by atoms with Crippen molar-refractivity contribution in [1.29, 1.82) is 0 Å². The third-order valence-electron chi connectivity index (χ3n) is 3.82. The third-order valence-corrected chi connectivity index (χ3v) is 4.16. The number of rotatable bonds is 2. The minimum Gasteiger partial charge on any atom is -0.398 e. The Kier molecular flexibility index (Phi) is 2.69. The second kappa shape index (κ2) is 4.46. The highest BCUT2D eigenvalue weighted by Gasteiger charge is 2.28. The zero-order valence-electron chi connectivity index (χ0n) is 11.2. The van der Waals surface area contributed by atoms with Gasteiger partial charge >= 0.3 is 0 Å². The summed E-state index contributed by atoms with van der Waals surface area (Å²) in [6.07, 6.45) is 2.25. The Labute approximate surface area is 126 Å². The van der Waals surface area contributed by atoms with E-state index >= 15 is 0 Å². The molecule has 1 saturated carbocycles. The maximum absolute atomic E-state index is 13.4. The average Bonchev–Trinajstić information content (AvgIpc) is 3.22. The summed E-state index contributed by atoms with van der Waals surface area (Å²) in [6, 6.07) is 10.7. The number of nitrogens with zero attached hydrogens (tertiary/aromatic N) is 2. The number of hydrogen-bond donors (Lipinski definition) is 1. The standard InChI is InChI=1S/C16H13ClFN3/c17-12-5-1-9(7-13(12)19)16-20-14-8-10(18)2-6-15(14)21(16)11-3-4-11/h1-2,5-8,11H,3-4,19H2. The van der Waals surface area contributed by atoms with Crippen molar-refractivity contribution < 1.29 is 4.39 Å². The van der Waals surface area contributed by atoms with Gasteiger partial charge in [-0.15, -0.1) is 0 Å². The molecule has 0 bridgehead atoms. The quantitative estimate of drug-likeness (QED) is 0.712. The molecule has 5 heteroatoms. The summed E-state index contributed by atoms with van der Waals surface area (Å²) in [5, 5.41) is 0.527. The van der Waals surface area contributed by atoms with Gasteiger partial charge in [0.2, 0.25) is 0 Å². The Bertz CT molecular complexity index is 852. The number of halogens is 2. The van der Waals surface area contributed by atoms with Gasteiger partial charge in [0.15, 0.2) is 0 Å². The molecule has 0 radical (unpaired) electrons. The van der Waals surface area contributed by atoms with Crippen LogP contribution in [0.25, 0.3) is 22.4 Å². The molecule has 3 nitrogen and oxygen atoms in total. The fraction of sp³-hybridized carbons (Fsp3) is 0.188. The first kappa shape index (κ1) is 12.7. The molecule has 1 fully saturated rings. The fourth-order valence-corrected chi connectivity index (χ4v) is 2.78. The first-order chi connectivity index (χ1) is 10.1. The Morgan fingerprint density at radius 2 is 2.00 bits per heavy atom. The summed E-state index contributed by atoms with van der Waals surface area (Å²) in [5.41, 5.74) is 8.95. The maximum atomic E-state index is 13.4. The zero-order valence-corrected chi connectivity index (χ0v) is 11.9. The van der Waals surface area contributed by atoms with Crippen molar-refractivity contribution in [3.63, 3.8) is 0 Å². The van der Waals surface area contributed by atoms with E-state index < -0.39 is 0 Å². The lowest BCUT2D eigenvalue weighted by Gasteiger charge is -2.08. The van der Waals surface area contributed by atoms with E-state index in [-0.39, 0.29) is 5.82 Å². The van der Waals surface area contributed by atoms with Crippen molar-refractivity contribution >= 4 is 28.3 Å². The molecule has 1 aromatic heterocycles. The van der Waals surface area contributed by atoms with Crippen LogP contribution in [0.2, 0.25) is 5.02 Å². The van der Waals surface area contributed by atoms with Gasteiger partial charge < -0.3 is 10.3 Å². The number of aromatic nitrogens is 2. The lowest BCUT2D eigenvalue weighted by atomic mass is 10.2. The number of nitrogens with two attached hydrogens (primary N) is 1. The number of anilines is 1. The lowest BCUT2D eigenvalue weighted by molar-refractivity contribution is 0.629. The van der Waals surface area contributed by atoms with Gasteiger partial charge in [0.05, 0.1) is 21.7 Å². The van der Waals surface area contributed by atoms with Gasteiger partial charge in [-0.2, -0.15) is 0 Å². The lowest BCUT2D eigenvalue weighted by Crippen LogP contribution is -1.98. The molecule has 0 saturated heterocycles. The average molecular weight is 302 g/mol. The number of fused-ring (bicyclic) bond motifs is 1. The molecule has 21 heavy (non-hydrogen) atoms. The van der Waals surface area contributed by atoms with E-state index in [1.54, 1.807) is 12.1 Å². The molecular weight excluding hydrogens is 289 g/mol. The van der Waals surface area contributed by atoms with Crippen molar-refractivity contribution in [2.45, 2.75) is 18.9 Å². The summed E-state index contributed by atoms with van der Waals surface area (Å²) in [5.74, 6) is 0.548. The van der Waals surface area contributed by atoms with E-state index in [2.05, 4.69) is 9.55 Å². The Balaban J connectivity index is 1.98. The van der Waals surface area contributed by atoms with Gasteiger partial charge in [0.1, 0.15) is 11.6 Å². The van der Waals surface area contributed by atoms with Crippen LogP contribution in [0, 0.1) is 5.82 Å². The van der Waals surface area contributed by atoms with Crippen LogP contribution in [0.1, 0.15) is 18.9 Å². The van der Waals surface area contributed by atoms with Gasteiger partial charge in [-0.05, 0) is 43.2 Å². The molecule has 2 N–H and O–H groups in total. The van der Waals surface area contributed by atoms with Gasteiger partial charge in [-0.1, -0.05) is 11.6 Å². The van der Waals surface area contributed by atoms with Crippen molar-refractivity contribution in [3.05, 3.63) is 47.2 Å². The molecule has 1 aliphatic carbocycles. The van der Waals surface area contributed by atoms with Gasteiger partial charge in [-0.3, -0.25) is 0 Å². The molecule has 0 aliphatic heterocycles. The topological polar surface area (TPSA) is 43.8 Å². The molecule has 3 aromatic rings.